The van der Waals surface area contributed by atoms with Crippen molar-refractivity contribution in [3.8, 4) is 0 Å². The molecule has 0 unspecified atom stereocenters. The SMILES string of the molecule is CC[C@](C)(CC(=O)O)NC(=O)Cc1cccc(Br)c1. The van der Waals surface area contributed by atoms with Gasteiger partial charge in [-0.05, 0) is 31.0 Å². The van der Waals surface area contributed by atoms with Gasteiger partial charge in [0.25, 0.3) is 0 Å². The summed E-state index contributed by atoms with van der Waals surface area (Å²) in [5.74, 6) is -1.07. The van der Waals surface area contributed by atoms with E-state index in [0.717, 1.165) is 10.0 Å². The van der Waals surface area contributed by atoms with Gasteiger partial charge < -0.3 is 10.4 Å². The van der Waals surface area contributed by atoms with Gasteiger partial charge in [-0.2, -0.15) is 0 Å². The number of carbonyl (C=O) groups is 2. The molecule has 0 saturated carbocycles. The number of carbonyl (C=O) groups excluding carboxylic acids is 1. The topological polar surface area (TPSA) is 66.4 Å². The van der Waals surface area contributed by atoms with Gasteiger partial charge in [-0.1, -0.05) is 35.0 Å². The molecule has 1 atom stereocenters. The van der Waals surface area contributed by atoms with Gasteiger partial charge in [-0.15, -0.1) is 0 Å². The van der Waals surface area contributed by atoms with Gasteiger partial charge in [0, 0.05) is 10.0 Å². The minimum absolute atomic E-state index is 0.0757. The number of benzene rings is 1. The summed E-state index contributed by atoms with van der Waals surface area (Å²) in [6.07, 6.45) is 0.742. The molecule has 4 nitrogen and oxygen atoms in total. The highest BCUT2D eigenvalue weighted by Crippen LogP contribution is 2.16. The summed E-state index contributed by atoms with van der Waals surface area (Å²) < 4.78 is 0.918. The Morgan fingerprint density at radius 1 is 1.42 bits per heavy atom. The van der Waals surface area contributed by atoms with E-state index in [-0.39, 0.29) is 18.7 Å². The third kappa shape index (κ3) is 5.42. The minimum atomic E-state index is -0.910. The van der Waals surface area contributed by atoms with Gasteiger partial charge in [0.05, 0.1) is 12.8 Å². The van der Waals surface area contributed by atoms with Crippen LogP contribution in [-0.4, -0.2) is 22.5 Å². The lowest BCUT2D eigenvalue weighted by molar-refractivity contribution is -0.139. The van der Waals surface area contributed by atoms with Crippen molar-refractivity contribution in [3.05, 3.63) is 34.3 Å². The molecule has 0 aliphatic heterocycles. The summed E-state index contributed by atoms with van der Waals surface area (Å²) in [7, 11) is 0. The Morgan fingerprint density at radius 2 is 2.11 bits per heavy atom. The molecule has 0 aliphatic rings. The van der Waals surface area contributed by atoms with Crippen LogP contribution in [0.2, 0.25) is 0 Å². The Labute approximate surface area is 121 Å². The van der Waals surface area contributed by atoms with Crippen molar-refractivity contribution in [2.45, 2.75) is 38.6 Å². The Hall–Kier alpha value is -1.36. The molecule has 5 heteroatoms. The normalized spacial score (nSPS) is 13.6. The molecule has 2 N–H and O–H groups in total. The van der Waals surface area contributed by atoms with E-state index < -0.39 is 11.5 Å². The van der Waals surface area contributed by atoms with Gasteiger partial charge in [0.2, 0.25) is 5.91 Å². The second-order valence-corrected chi connectivity index (χ2v) is 5.76. The second kappa shape index (κ2) is 6.70. The minimum Gasteiger partial charge on any atom is -0.481 e. The predicted octanol–water partition coefficient (Wildman–Crippen LogP) is 2.75. The van der Waals surface area contributed by atoms with E-state index in [1.165, 1.54) is 0 Å². The first-order valence-electron chi connectivity index (χ1n) is 6.12. The molecule has 19 heavy (non-hydrogen) atoms. The number of amides is 1. The number of carboxylic acids is 1. The zero-order chi connectivity index (χ0) is 14.5. The summed E-state index contributed by atoms with van der Waals surface area (Å²) in [6, 6.07) is 7.50. The van der Waals surface area contributed by atoms with Gasteiger partial charge in [-0.3, -0.25) is 9.59 Å². The lowest BCUT2D eigenvalue weighted by Crippen LogP contribution is -2.47. The zero-order valence-electron chi connectivity index (χ0n) is 11.1. The number of aliphatic carboxylic acids is 1. The average Bonchev–Trinajstić information content (AvgIpc) is 2.27. The number of carboxylic acid groups (broad SMARTS) is 1. The lowest BCUT2D eigenvalue weighted by Gasteiger charge is -2.28. The van der Waals surface area contributed by atoms with Crippen LogP contribution in [0.25, 0.3) is 0 Å². The maximum Gasteiger partial charge on any atom is 0.305 e. The summed E-state index contributed by atoms with van der Waals surface area (Å²) in [5, 5.41) is 11.7. The van der Waals surface area contributed by atoms with E-state index in [1.54, 1.807) is 6.92 Å². The Kier molecular flexibility index (Phi) is 5.54. The molecule has 0 aromatic heterocycles. The largest absolute Gasteiger partial charge is 0.481 e. The fraction of sp³-hybridized carbons (Fsp3) is 0.429. The number of halogens is 1. The maximum absolute atomic E-state index is 12.0. The van der Waals surface area contributed by atoms with E-state index in [2.05, 4.69) is 21.2 Å². The van der Waals surface area contributed by atoms with Gasteiger partial charge >= 0.3 is 5.97 Å². The third-order valence-electron chi connectivity index (χ3n) is 3.02. The van der Waals surface area contributed by atoms with Crippen LogP contribution in [0, 0.1) is 0 Å². The number of rotatable bonds is 6. The van der Waals surface area contributed by atoms with E-state index in [0.29, 0.717) is 6.42 Å². The van der Waals surface area contributed by atoms with Crippen molar-refractivity contribution in [3.63, 3.8) is 0 Å². The van der Waals surface area contributed by atoms with Crippen LogP contribution in [0.1, 0.15) is 32.3 Å². The standard InChI is InChI=1S/C14H18BrNO3/c1-3-14(2,9-13(18)19)16-12(17)8-10-5-4-6-11(15)7-10/h4-7H,3,8-9H2,1-2H3,(H,16,17)(H,18,19)/t14-/m1/s1. The van der Waals surface area contributed by atoms with Crippen LogP contribution in [0.3, 0.4) is 0 Å². The van der Waals surface area contributed by atoms with Crippen LogP contribution in [0.4, 0.5) is 0 Å². The van der Waals surface area contributed by atoms with Crippen molar-refractivity contribution in [1.82, 2.24) is 5.32 Å². The smallest absolute Gasteiger partial charge is 0.305 e. The highest BCUT2D eigenvalue weighted by atomic mass is 79.9. The van der Waals surface area contributed by atoms with Crippen LogP contribution < -0.4 is 5.32 Å². The molecule has 1 aromatic carbocycles. The molecule has 0 spiro atoms. The van der Waals surface area contributed by atoms with Crippen molar-refractivity contribution in [2.24, 2.45) is 0 Å². The predicted molar refractivity (Wildman–Crippen MR) is 76.9 cm³/mol. The van der Waals surface area contributed by atoms with Crippen LogP contribution in [-0.2, 0) is 16.0 Å². The molecule has 1 amide bonds. The van der Waals surface area contributed by atoms with Crippen molar-refractivity contribution >= 4 is 27.8 Å². The molecular weight excluding hydrogens is 310 g/mol. The summed E-state index contributed by atoms with van der Waals surface area (Å²) in [6.45, 7) is 3.61. The Morgan fingerprint density at radius 3 is 2.63 bits per heavy atom. The van der Waals surface area contributed by atoms with Gasteiger partial charge in [0.15, 0.2) is 0 Å². The van der Waals surface area contributed by atoms with Crippen molar-refractivity contribution in [1.29, 1.82) is 0 Å². The molecule has 1 rings (SSSR count). The van der Waals surface area contributed by atoms with Crippen LogP contribution in [0.15, 0.2) is 28.7 Å². The monoisotopic (exact) mass is 327 g/mol. The van der Waals surface area contributed by atoms with Crippen molar-refractivity contribution < 1.29 is 14.7 Å². The maximum atomic E-state index is 12.0. The van der Waals surface area contributed by atoms with Gasteiger partial charge in [0.1, 0.15) is 0 Å². The highest BCUT2D eigenvalue weighted by Gasteiger charge is 2.27. The molecule has 0 heterocycles. The zero-order valence-corrected chi connectivity index (χ0v) is 12.7. The molecule has 1 aromatic rings. The molecule has 104 valence electrons. The molecule has 0 saturated heterocycles. The van der Waals surface area contributed by atoms with E-state index in [9.17, 15) is 9.59 Å². The first-order chi connectivity index (χ1) is 8.84. The second-order valence-electron chi connectivity index (χ2n) is 4.84. The first kappa shape index (κ1) is 15.7. The molecule has 0 fully saturated rings. The lowest BCUT2D eigenvalue weighted by atomic mass is 9.94. The Balaban J connectivity index is 2.66. The third-order valence-corrected chi connectivity index (χ3v) is 3.51. The van der Waals surface area contributed by atoms with Crippen LogP contribution >= 0.6 is 15.9 Å². The molecule has 0 radical (unpaired) electrons. The average molecular weight is 328 g/mol. The summed E-state index contributed by atoms with van der Waals surface area (Å²) >= 11 is 3.35. The quantitative estimate of drug-likeness (QED) is 0.844. The summed E-state index contributed by atoms with van der Waals surface area (Å²) in [5.41, 5.74) is 0.190. The summed E-state index contributed by atoms with van der Waals surface area (Å²) in [4.78, 5) is 22.8. The molecular formula is C14H18BrNO3. The Bertz CT molecular complexity index is 476. The molecule has 0 aliphatic carbocycles. The van der Waals surface area contributed by atoms with E-state index in [4.69, 9.17) is 5.11 Å². The van der Waals surface area contributed by atoms with Crippen molar-refractivity contribution in [2.75, 3.05) is 0 Å². The van der Waals surface area contributed by atoms with Crippen LogP contribution in [0.5, 0.6) is 0 Å². The first-order valence-corrected chi connectivity index (χ1v) is 6.91. The number of nitrogens with one attached hydrogen (secondary N) is 1. The number of hydrogen-bond acceptors (Lipinski definition) is 2. The highest BCUT2D eigenvalue weighted by molar-refractivity contribution is 9.10. The number of hydrogen-bond donors (Lipinski definition) is 2. The fourth-order valence-corrected chi connectivity index (χ4v) is 2.25. The van der Waals surface area contributed by atoms with E-state index >= 15 is 0 Å². The fourth-order valence-electron chi connectivity index (χ4n) is 1.80. The van der Waals surface area contributed by atoms with Gasteiger partial charge in [-0.25, -0.2) is 0 Å². The van der Waals surface area contributed by atoms with E-state index in [1.807, 2.05) is 31.2 Å². The molecule has 0 bridgehead atoms.